The summed E-state index contributed by atoms with van der Waals surface area (Å²) < 4.78 is 11.0. The summed E-state index contributed by atoms with van der Waals surface area (Å²) in [5.41, 5.74) is 0.488. The van der Waals surface area contributed by atoms with Crippen molar-refractivity contribution in [3.05, 3.63) is 43.5 Å². The Hall–Kier alpha value is -1.04. The summed E-state index contributed by atoms with van der Waals surface area (Å²) in [5.74, 6) is 0.915. The van der Waals surface area contributed by atoms with Crippen LogP contribution in [0.1, 0.15) is 15.2 Å². The highest BCUT2D eigenvalue weighted by Gasteiger charge is 2.19. The van der Waals surface area contributed by atoms with Gasteiger partial charge in [-0.15, -0.1) is 11.3 Å². The van der Waals surface area contributed by atoms with Gasteiger partial charge in [-0.3, -0.25) is 4.79 Å². The van der Waals surface area contributed by atoms with Crippen LogP contribution in [0.4, 0.5) is 0 Å². The van der Waals surface area contributed by atoms with Gasteiger partial charge in [-0.05, 0) is 39.5 Å². The highest BCUT2D eigenvalue weighted by molar-refractivity contribution is 9.10. The number of thiophene rings is 1. The Morgan fingerprint density at radius 2 is 1.89 bits per heavy atom. The molecule has 1 heterocycles. The molecule has 19 heavy (non-hydrogen) atoms. The van der Waals surface area contributed by atoms with E-state index in [9.17, 15) is 4.79 Å². The molecule has 0 bridgehead atoms. The van der Waals surface area contributed by atoms with Gasteiger partial charge in [-0.25, -0.2) is 0 Å². The van der Waals surface area contributed by atoms with Gasteiger partial charge in [0.05, 0.1) is 24.1 Å². The van der Waals surface area contributed by atoms with Gasteiger partial charge >= 0.3 is 0 Å². The Balaban J connectivity index is 2.51. The Labute approximate surface area is 128 Å². The van der Waals surface area contributed by atoms with Crippen molar-refractivity contribution in [2.24, 2.45) is 0 Å². The molecule has 1 aromatic carbocycles. The summed E-state index contributed by atoms with van der Waals surface area (Å²) in [6.45, 7) is 0. The molecule has 0 saturated carbocycles. The van der Waals surface area contributed by atoms with Crippen LogP contribution in [-0.4, -0.2) is 20.0 Å². The van der Waals surface area contributed by atoms with E-state index in [2.05, 4.69) is 15.9 Å². The quantitative estimate of drug-likeness (QED) is 0.757. The molecule has 0 unspecified atom stereocenters. The summed E-state index contributed by atoms with van der Waals surface area (Å²) in [7, 11) is 3.07. The largest absolute Gasteiger partial charge is 0.493 e. The van der Waals surface area contributed by atoms with Crippen LogP contribution >= 0.6 is 38.9 Å². The molecule has 0 aliphatic rings. The zero-order valence-corrected chi connectivity index (χ0v) is 13.4. The first-order valence-electron chi connectivity index (χ1n) is 5.27. The van der Waals surface area contributed by atoms with Crippen LogP contribution in [0.5, 0.6) is 11.5 Å². The number of ketones is 1. The average Bonchev–Trinajstić information content (AvgIpc) is 2.83. The molecule has 0 N–H and O–H groups in total. The highest BCUT2D eigenvalue weighted by Crippen LogP contribution is 2.35. The van der Waals surface area contributed by atoms with Gasteiger partial charge in [0, 0.05) is 10.0 Å². The minimum Gasteiger partial charge on any atom is -0.493 e. The number of hydrogen-bond acceptors (Lipinski definition) is 4. The lowest BCUT2D eigenvalue weighted by Gasteiger charge is -2.11. The summed E-state index contributed by atoms with van der Waals surface area (Å²) in [5, 5.41) is 2.24. The fourth-order valence-corrected chi connectivity index (χ4v) is 3.20. The second kappa shape index (κ2) is 5.94. The summed E-state index contributed by atoms with van der Waals surface area (Å²) in [6, 6.07) is 5.04. The molecule has 0 aliphatic carbocycles. The number of halogens is 2. The molecule has 0 spiro atoms. The SMILES string of the molecule is COc1cc(Br)c(C(=O)c2sccc2Cl)cc1OC. The predicted molar refractivity (Wildman–Crippen MR) is 80.0 cm³/mol. The third-order valence-electron chi connectivity index (χ3n) is 2.54. The normalized spacial score (nSPS) is 10.3. The monoisotopic (exact) mass is 360 g/mol. The highest BCUT2D eigenvalue weighted by atomic mass is 79.9. The summed E-state index contributed by atoms with van der Waals surface area (Å²) in [4.78, 5) is 12.9. The molecule has 2 rings (SSSR count). The first-order chi connectivity index (χ1) is 9.08. The molecule has 2 aromatic rings. The molecule has 0 amide bonds. The van der Waals surface area contributed by atoms with E-state index in [0.717, 1.165) is 0 Å². The van der Waals surface area contributed by atoms with E-state index in [0.29, 0.717) is 31.4 Å². The standard InChI is InChI=1S/C13H10BrClO3S/c1-17-10-5-7(8(14)6-11(10)18-2)12(16)13-9(15)3-4-19-13/h3-6H,1-2H3. The van der Waals surface area contributed by atoms with Crippen molar-refractivity contribution >= 4 is 44.7 Å². The summed E-state index contributed by atoms with van der Waals surface area (Å²) >= 11 is 10.7. The van der Waals surface area contributed by atoms with Crippen LogP contribution in [-0.2, 0) is 0 Å². The third-order valence-corrected chi connectivity index (χ3v) is 4.54. The van der Waals surface area contributed by atoms with Crippen LogP contribution in [0.3, 0.4) is 0 Å². The lowest BCUT2D eigenvalue weighted by atomic mass is 10.1. The van der Waals surface area contributed by atoms with Crippen molar-refractivity contribution in [3.8, 4) is 11.5 Å². The molecular weight excluding hydrogens is 352 g/mol. The zero-order valence-electron chi connectivity index (χ0n) is 10.2. The summed E-state index contributed by atoms with van der Waals surface area (Å²) in [6.07, 6.45) is 0. The Morgan fingerprint density at radius 1 is 1.26 bits per heavy atom. The van der Waals surface area contributed by atoms with Crippen molar-refractivity contribution in [1.82, 2.24) is 0 Å². The van der Waals surface area contributed by atoms with Crippen LogP contribution in [0, 0.1) is 0 Å². The number of methoxy groups -OCH3 is 2. The number of hydrogen-bond donors (Lipinski definition) is 0. The minimum atomic E-state index is -0.146. The van der Waals surface area contributed by atoms with Crippen LogP contribution in [0.15, 0.2) is 28.1 Å². The second-order valence-corrected chi connectivity index (χ2v) is 5.79. The minimum absolute atomic E-state index is 0.146. The van der Waals surface area contributed by atoms with Crippen molar-refractivity contribution in [2.75, 3.05) is 14.2 Å². The molecule has 0 radical (unpaired) electrons. The van der Waals surface area contributed by atoms with E-state index in [1.807, 2.05) is 0 Å². The van der Waals surface area contributed by atoms with Crippen LogP contribution in [0.2, 0.25) is 5.02 Å². The van der Waals surface area contributed by atoms with E-state index in [1.165, 1.54) is 18.4 Å². The van der Waals surface area contributed by atoms with Gasteiger partial charge in [0.2, 0.25) is 5.78 Å². The van der Waals surface area contributed by atoms with Gasteiger partial charge in [-0.2, -0.15) is 0 Å². The molecule has 1 aromatic heterocycles. The number of carbonyl (C=O) groups excluding carboxylic acids is 1. The lowest BCUT2D eigenvalue weighted by molar-refractivity contribution is 0.104. The van der Waals surface area contributed by atoms with Gasteiger partial charge in [0.1, 0.15) is 0 Å². The van der Waals surface area contributed by atoms with E-state index in [4.69, 9.17) is 21.1 Å². The molecule has 0 fully saturated rings. The third kappa shape index (κ3) is 2.78. The fraction of sp³-hybridized carbons (Fsp3) is 0.154. The van der Waals surface area contributed by atoms with Crippen LogP contribution in [0.25, 0.3) is 0 Å². The smallest absolute Gasteiger partial charge is 0.205 e. The van der Waals surface area contributed by atoms with Crippen molar-refractivity contribution in [1.29, 1.82) is 0 Å². The van der Waals surface area contributed by atoms with Gasteiger partial charge < -0.3 is 9.47 Å². The van der Waals surface area contributed by atoms with E-state index in [-0.39, 0.29) is 5.78 Å². The van der Waals surface area contributed by atoms with E-state index >= 15 is 0 Å². The first kappa shape index (κ1) is 14.4. The Bertz CT molecular complexity index is 624. The molecule has 3 nitrogen and oxygen atoms in total. The predicted octanol–water partition coefficient (Wildman–Crippen LogP) is 4.41. The van der Waals surface area contributed by atoms with Crippen molar-refractivity contribution < 1.29 is 14.3 Å². The van der Waals surface area contributed by atoms with E-state index < -0.39 is 0 Å². The number of ether oxygens (including phenoxy) is 2. The maximum atomic E-state index is 12.4. The number of rotatable bonds is 4. The van der Waals surface area contributed by atoms with E-state index in [1.54, 1.807) is 30.7 Å². The van der Waals surface area contributed by atoms with Gasteiger partial charge in [0.15, 0.2) is 11.5 Å². The zero-order chi connectivity index (χ0) is 14.0. The second-order valence-electron chi connectivity index (χ2n) is 3.61. The number of carbonyl (C=O) groups is 1. The first-order valence-corrected chi connectivity index (χ1v) is 7.32. The molecule has 6 heteroatoms. The molecule has 0 saturated heterocycles. The average molecular weight is 362 g/mol. The maximum absolute atomic E-state index is 12.4. The number of benzene rings is 1. The Kier molecular flexibility index (Phi) is 4.50. The topological polar surface area (TPSA) is 35.5 Å². The molecule has 0 aliphatic heterocycles. The van der Waals surface area contributed by atoms with Crippen molar-refractivity contribution in [3.63, 3.8) is 0 Å². The molecule has 100 valence electrons. The molecule has 0 atom stereocenters. The Morgan fingerprint density at radius 3 is 2.42 bits per heavy atom. The van der Waals surface area contributed by atoms with Crippen LogP contribution < -0.4 is 9.47 Å². The van der Waals surface area contributed by atoms with Gasteiger partial charge in [-0.1, -0.05) is 11.6 Å². The molecular formula is C13H10BrClO3S. The van der Waals surface area contributed by atoms with Gasteiger partial charge in [0.25, 0.3) is 0 Å². The fourth-order valence-electron chi connectivity index (χ4n) is 1.61. The van der Waals surface area contributed by atoms with Crippen molar-refractivity contribution in [2.45, 2.75) is 0 Å². The lowest BCUT2D eigenvalue weighted by Crippen LogP contribution is -2.02. The maximum Gasteiger partial charge on any atom is 0.205 e.